The van der Waals surface area contributed by atoms with Crippen molar-refractivity contribution in [2.45, 2.75) is 38.5 Å². The Hall–Kier alpha value is -1.84. The van der Waals surface area contributed by atoms with Crippen molar-refractivity contribution in [2.75, 3.05) is 5.73 Å². The summed E-state index contributed by atoms with van der Waals surface area (Å²) in [6.45, 7) is 2.32. The Morgan fingerprint density at radius 1 is 1.16 bits per heavy atom. The van der Waals surface area contributed by atoms with Crippen LogP contribution >= 0.6 is 0 Å². The fraction of sp³-hybridized carbons (Fsp3) is 0.467. The molecule has 0 aliphatic heterocycles. The van der Waals surface area contributed by atoms with Gasteiger partial charge in [-0.2, -0.15) is 0 Å². The number of nitrogens with zero attached hydrogens (tertiary/aromatic N) is 2. The quantitative estimate of drug-likeness (QED) is 0.892. The molecule has 0 radical (unpaired) electrons. The molecule has 4 nitrogen and oxygen atoms in total. The minimum Gasteiger partial charge on any atom is -0.367 e. The summed E-state index contributed by atoms with van der Waals surface area (Å²) in [5, 5.41) is 4.22. The lowest BCUT2D eigenvalue weighted by atomic mass is 9.80. The van der Waals surface area contributed by atoms with E-state index < -0.39 is 0 Å². The van der Waals surface area contributed by atoms with Gasteiger partial charge in [0.2, 0.25) is 5.88 Å². The van der Waals surface area contributed by atoms with Gasteiger partial charge < -0.3 is 10.3 Å². The van der Waals surface area contributed by atoms with E-state index in [2.05, 4.69) is 17.1 Å². The van der Waals surface area contributed by atoms with Crippen molar-refractivity contribution in [1.82, 2.24) is 10.1 Å². The van der Waals surface area contributed by atoms with Gasteiger partial charge in [-0.3, -0.25) is 4.98 Å². The molecule has 0 atom stereocenters. The second kappa shape index (κ2) is 5.03. The third-order valence-electron chi connectivity index (χ3n) is 4.12. The molecule has 3 rings (SSSR count). The maximum atomic E-state index is 5.96. The summed E-state index contributed by atoms with van der Waals surface area (Å²) in [4.78, 5) is 4.05. The van der Waals surface area contributed by atoms with Crippen LogP contribution in [-0.4, -0.2) is 10.1 Å². The molecule has 1 aliphatic carbocycles. The van der Waals surface area contributed by atoms with Crippen molar-refractivity contribution in [3.8, 4) is 11.1 Å². The van der Waals surface area contributed by atoms with Gasteiger partial charge in [0.15, 0.2) is 0 Å². The lowest BCUT2D eigenvalue weighted by Gasteiger charge is -2.25. The van der Waals surface area contributed by atoms with Crippen molar-refractivity contribution in [3.63, 3.8) is 0 Å². The van der Waals surface area contributed by atoms with Crippen LogP contribution in [0.25, 0.3) is 11.1 Å². The van der Waals surface area contributed by atoms with Gasteiger partial charge in [0.1, 0.15) is 0 Å². The largest absolute Gasteiger partial charge is 0.367 e. The SMILES string of the molecule is CC1CCC(c2noc(N)c2-c2ccncc2)CC1. The number of aromatic nitrogens is 2. The summed E-state index contributed by atoms with van der Waals surface area (Å²) in [6.07, 6.45) is 8.40. The number of nitrogen functional groups attached to an aromatic ring is 1. The molecule has 0 aromatic carbocycles. The molecule has 2 aromatic rings. The van der Waals surface area contributed by atoms with Crippen LogP contribution in [0.3, 0.4) is 0 Å². The summed E-state index contributed by atoms with van der Waals surface area (Å²) in [6, 6.07) is 3.91. The van der Waals surface area contributed by atoms with Gasteiger partial charge in [0, 0.05) is 18.3 Å². The monoisotopic (exact) mass is 257 g/mol. The van der Waals surface area contributed by atoms with Gasteiger partial charge in [-0.15, -0.1) is 0 Å². The fourth-order valence-corrected chi connectivity index (χ4v) is 2.94. The molecular formula is C15H19N3O. The number of hydrogen-bond acceptors (Lipinski definition) is 4. The van der Waals surface area contributed by atoms with Gasteiger partial charge in [0.05, 0.1) is 11.3 Å². The van der Waals surface area contributed by atoms with Crippen LogP contribution in [0.2, 0.25) is 0 Å². The van der Waals surface area contributed by atoms with Crippen LogP contribution in [0.1, 0.15) is 44.2 Å². The summed E-state index contributed by atoms with van der Waals surface area (Å²) < 4.78 is 5.24. The summed E-state index contributed by atoms with van der Waals surface area (Å²) >= 11 is 0. The Morgan fingerprint density at radius 2 is 1.84 bits per heavy atom. The molecule has 19 heavy (non-hydrogen) atoms. The normalized spacial score (nSPS) is 23.4. The third kappa shape index (κ3) is 2.35. The molecule has 4 heteroatoms. The predicted molar refractivity (Wildman–Crippen MR) is 74.5 cm³/mol. The molecule has 2 N–H and O–H groups in total. The third-order valence-corrected chi connectivity index (χ3v) is 4.12. The molecular weight excluding hydrogens is 238 g/mol. The number of pyridine rings is 1. The van der Waals surface area contributed by atoms with Gasteiger partial charge in [-0.05, 0) is 36.5 Å². The summed E-state index contributed by atoms with van der Waals surface area (Å²) in [7, 11) is 0. The van der Waals surface area contributed by atoms with Gasteiger partial charge in [-0.1, -0.05) is 24.9 Å². The standard InChI is InChI=1S/C15H19N3O/c1-10-2-4-12(5-3-10)14-13(15(16)19-18-14)11-6-8-17-9-7-11/h6-10,12H,2-5,16H2,1H3. The summed E-state index contributed by atoms with van der Waals surface area (Å²) in [5.41, 5.74) is 8.99. The minimum atomic E-state index is 0.417. The zero-order valence-corrected chi connectivity index (χ0v) is 11.2. The van der Waals surface area contributed by atoms with Crippen LogP contribution in [0.4, 0.5) is 5.88 Å². The van der Waals surface area contributed by atoms with Gasteiger partial charge in [-0.25, -0.2) is 0 Å². The summed E-state index contributed by atoms with van der Waals surface area (Å²) in [5.74, 6) is 1.71. The van der Waals surface area contributed by atoms with E-state index in [1.54, 1.807) is 12.4 Å². The fourth-order valence-electron chi connectivity index (χ4n) is 2.94. The average Bonchev–Trinajstić information content (AvgIpc) is 2.82. The van der Waals surface area contributed by atoms with Crippen LogP contribution in [0, 0.1) is 5.92 Å². The van der Waals surface area contributed by atoms with Crippen LogP contribution < -0.4 is 5.73 Å². The number of anilines is 1. The van der Waals surface area contributed by atoms with E-state index >= 15 is 0 Å². The van der Waals surface area contributed by atoms with E-state index in [9.17, 15) is 0 Å². The highest BCUT2D eigenvalue weighted by Gasteiger charge is 2.27. The van der Waals surface area contributed by atoms with E-state index in [0.717, 1.165) is 22.7 Å². The second-order valence-electron chi connectivity index (χ2n) is 5.50. The highest BCUT2D eigenvalue weighted by Crippen LogP contribution is 2.41. The first-order valence-electron chi connectivity index (χ1n) is 6.91. The molecule has 1 aliphatic rings. The molecule has 1 saturated carbocycles. The van der Waals surface area contributed by atoms with Crippen LogP contribution in [0.15, 0.2) is 29.0 Å². The van der Waals surface area contributed by atoms with Gasteiger partial charge >= 0.3 is 0 Å². The van der Waals surface area contributed by atoms with Gasteiger partial charge in [0.25, 0.3) is 0 Å². The average molecular weight is 257 g/mol. The van der Waals surface area contributed by atoms with Crippen molar-refractivity contribution in [2.24, 2.45) is 5.92 Å². The minimum absolute atomic E-state index is 0.417. The van der Waals surface area contributed by atoms with E-state index in [0.29, 0.717) is 11.8 Å². The van der Waals surface area contributed by atoms with Crippen molar-refractivity contribution >= 4 is 5.88 Å². The molecule has 2 aromatic heterocycles. The predicted octanol–water partition coefficient (Wildman–Crippen LogP) is 3.61. The lowest BCUT2D eigenvalue weighted by molar-refractivity contribution is 0.331. The van der Waals surface area contributed by atoms with Crippen LogP contribution in [0.5, 0.6) is 0 Å². The van der Waals surface area contributed by atoms with Crippen molar-refractivity contribution in [3.05, 3.63) is 30.2 Å². The van der Waals surface area contributed by atoms with E-state index in [4.69, 9.17) is 10.3 Å². The number of rotatable bonds is 2. The molecule has 0 unspecified atom stereocenters. The Bertz CT molecular complexity index is 542. The Labute approximate surface area is 113 Å². The van der Waals surface area contributed by atoms with Crippen LogP contribution in [-0.2, 0) is 0 Å². The smallest absolute Gasteiger partial charge is 0.230 e. The first-order valence-corrected chi connectivity index (χ1v) is 6.91. The first-order chi connectivity index (χ1) is 9.25. The topological polar surface area (TPSA) is 64.9 Å². The Balaban J connectivity index is 1.95. The highest BCUT2D eigenvalue weighted by molar-refractivity contribution is 5.75. The highest BCUT2D eigenvalue weighted by atomic mass is 16.5. The second-order valence-corrected chi connectivity index (χ2v) is 5.50. The molecule has 0 amide bonds. The zero-order valence-electron chi connectivity index (χ0n) is 11.2. The molecule has 0 bridgehead atoms. The van der Waals surface area contributed by atoms with E-state index in [1.807, 2.05) is 12.1 Å². The lowest BCUT2D eigenvalue weighted by Crippen LogP contribution is -2.11. The maximum Gasteiger partial charge on any atom is 0.230 e. The Kier molecular flexibility index (Phi) is 3.23. The Morgan fingerprint density at radius 3 is 2.53 bits per heavy atom. The maximum absolute atomic E-state index is 5.96. The van der Waals surface area contributed by atoms with E-state index in [-0.39, 0.29) is 0 Å². The van der Waals surface area contributed by atoms with Crippen molar-refractivity contribution < 1.29 is 4.52 Å². The molecule has 0 saturated heterocycles. The van der Waals surface area contributed by atoms with E-state index in [1.165, 1.54) is 25.7 Å². The molecule has 1 fully saturated rings. The first kappa shape index (κ1) is 12.2. The zero-order chi connectivity index (χ0) is 13.2. The molecule has 100 valence electrons. The van der Waals surface area contributed by atoms with Crippen molar-refractivity contribution in [1.29, 1.82) is 0 Å². The molecule has 0 spiro atoms. The molecule has 2 heterocycles. The number of hydrogen-bond donors (Lipinski definition) is 1. The number of nitrogens with two attached hydrogens (primary N) is 1.